The van der Waals surface area contributed by atoms with Crippen LogP contribution in [0, 0.1) is 11.8 Å². The number of aliphatic hydroxyl groups is 1. The molecule has 0 heterocycles. The summed E-state index contributed by atoms with van der Waals surface area (Å²) < 4.78 is 11.9. The van der Waals surface area contributed by atoms with Crippen LogP contribution in [0.3, 0.4) is 0 Å². The lowest BCUT2D eigenvalue weighted by molar-refractivity contribution is -0.149. The predicted molar refractivity (Wildman–Crippen MR) is 308 cm³/mol. The second kappa shape index (κ2) is 65.4. The highest BCUT2D eigenvalue weighted by Gasteiger charge is 2.19. The Labute approximate surface area is 435 Å². The zero-order valence-corrected chi connectivity index (χ0v) is 48.4. The van der Waals surface area contributed by atoms with Crippen LogP contribution in [0.5, 0.6) is 0 Å². The standard InChI is InChI=1S/C34H71NO2.C30H60O2/c1-3-5-7-9-11-13-14-16-18-22-28-34(27-21-17-15-12-10-8-6-4-2)33-37-32-26-20-19-23-29-35-30-24-25-31-36;1-4-7-10-13-15-17-18-20-22-24-27-29(30(31)32-28-25-12-9-6-3)26-23-21-19-16-14-11-8-5-2/h34-36H,3-33H2,1-2H3;29H,4-28H2,1-3H3. The molecule has 2 N–H and O–H groups in total. The van der Waals surface area contributed by atoms with Crippen molar-refractivity contribution in [2.75, 3.05) is 39.5 Å². The number of aliphatic hydroxyl groups excluding tert-OH is 1. The number of hydrogen-bond donors (Lipinski definition) is 2. The van der Waals surface area contributed by atoms with Crippen molar-refractivity contribution in [2.24, 2.45) is 11.8 Å². The molecule has 5 heteroatoms. The molecular weight excluding hydrogens is 847 g/mol. The van der Waals surface area contributed by atoms with Gasteiger partial charge in [0.2, 0.25) is 0 Å². The first-order valence-corrected chi connectivity index (χ1v) is 32.2. The molecule has 0 aromatic carbocycles. The third-order valence-electron chi connectivity index (χ3n) is 14.8. The molecule has 0 aliphatic carbocycles. The van der Waals surface area contributed by atoms with Gasteiger partial charge in [0.1, 0.15) is 0 Å². The number of carbonyl (C=O) groups is 1. The molecule has 0 aromatic rings. The molecule has 0 fully saturated rings. The largest absolute Gasteiger partial charge is 0.465 e. The second-order valence-corrected chi connectivity index (χ2v) is 21.9. The average molecular weight is 979 g/mol. The first-order valence-electron chi connectivity index (χ1n) is 32.2. The lowest BCUT2D eigenvalue weighted by atomic mass is 9.94. The van der Waals surface area contributed by atoms with E-state index >= 15 is 0 Å². The maximum atomic E-state index is 12.7. The smallest absolute Gasteiger partial charge is 0.308 e. The number of unbranched alkanes of at least 4 members (excludes halogenated alkanes) is 39. The van der Waals surface area contributed by atoms with Crippen molar-refractivity contribution in [3.8, 4) is 0 Å². The minimum Gasteiger partial charge on any atom is -0.465 e. The molecule has 0 bridgehead atoms. The van der Waals surface area contributed by atoms with Gasteiger partial charge in [-0.25, -0.2) is 0 Å². The SMILES string of the molecule is CCCCCCCCCCCCC(CCCCCCCCCC)C(=O)OCCCCCC.CCCCCCCCCCCCC(CCCCCCCCCC)COCCCCCCNCCCCO. The minimum atomic E-state index is 0.0976. The van der Waals surface area contributed by atoms with Crippen LogP contribution in [-0.4, -0.2) is 50.6 Å². The summed E-state index contributed by atoms with van der Waals surface area (Å²) in [5, 5.41) is 12.3. The molecule has 0 aliphatic rings. The van der Waals surface area contributed by atoms with Gasteiger partial charge in [0.15, 0.2) is 0 Å². The Hall–Kier alpha value is -0.650. The fraction of sp³-hybridized carbons (Fsp3) is 0.984. The number of rotatable bonds is 59. The maximum absolute atomic E-state index is 12.7. The summed E-state index contributed by atoms with van der Waals surface area (Å²) in [4.78, 5) is 12.7. The monoisotopic (exact) mass is 978 g/mol. The number of carbonyl (C=O) groups excluding carboxylic acids is 1. The van der Waals surface area contributed by atoms with Crippen LogP contribution in [0.15, 0.2) is 0 Å². The van der Waals surface area contributed by atoms with E-state index in [2.05, 4.69) is 39.9 Å². The van der Waals surface area contributed by atoms with E-state index in [0.29, 0.717) is 13.2 Å². The summed E-state index contributed by atoms with van der Waals surface area (Å²) in [5.74, 6) is 1.04. The zero-order chi connectivity index (χ0) is 50.5. The van der Waals surface area contributed by atoms with Gasteiger partial charge in [-0.3, -0.25) is 4.79 Å². The topological polar surface area (TPSA) is 67.8 Å². The average Bonchev–Trinajstić information content (AvgIpc) is 3.36. The molecule has 0 saturated heterocycles. The first kappa shape index (κ1) is 70.4. The molecule has 0 rings (SSSR count). The van der Waals surface area contributed by atoms with Gasteiger partial charge in [-0.15, -0.1) is 0 Å². The van der Waals surface area contributed by atoms with Gasteiger partial charge in [0.25, 0.3) is 0 Å². The van der Waals surface area contributed by atoms with Crippen molar-refractivity contribution in [1.82, 2.24) is 5.32 Å². The molecule has 5 nitrogen and oxygen atoms in total. The van der Waals surface area contributed by atoms with Crippen LogP contribution in [0.4, 0.5) is 0 Å². The van der Waals surface area contributed by atoms with Gasteiger partial charge < -0.3 is 19.9 Å². The molecule has 69 heavy (non-hydrogen) atoms. The van der Waals surface area contributed by atoms with E-state index in [1.165, 1.54) is 289 Å². The van der Waals surface area contributed by atoms with Crippen LogP contribution < -0.4 is 5.32 Å². The summed E-state index contributed by atoms with van der Waals surface area (Å²) in [6.45, 7) is 16.5. The lowest BCUT2D eigenvalue weighted by Crippen LogP contribution is -2.18. The Balaban J connectivity index is 0. The van der Waals surface area contributed by atoms with E-state index in [1.54, 1.807) is 0 Å². The van der Waals surface area contributed by atoms with Gasteiger partial charge in [0, 0.05) is 19.8 Å². The van der Waals surface area contributed by atoms with Gasteiger partial charge in [-0.05, 0) is 76.8 Å². The van der Waals surface area contributed by atoms with Crippen LogP contribution >= 0.6 is 0 Å². The van der Waals surface area contributed by atoms with E-state index in [9.17, 15) is 4.79 Å². The normalized spacial score (nSPS) is 12.3. The number of nitrogens with one attached hydrogen (secondary N) is 1. The maximum Gasteiger partial charge on any atom is 0.308 e. The van der Waals surface area contributed by atoms with Crippen molar-refractivity contribution >= 4 is 5.97 Å². The quantitative estimate of drug-likeness (QED) is 0.0469. The molecule has 0 aromatic heterocycles. The molecule has 2 unspecified atom stereocenters. The van der Waals surface area contributed by atoms with Crippen molar-refractivity contribution in [3.63, 3.8) is 0 Å². The van der Waals surface area contributed by atoms with Crippen LogP contribution in [0.25, 0.3) is 0 Å². The van der Waals surface area contributed by atoms with E-state index in [0.717, 1.165) is 64.3 Å². The third kappa shape index (κ3) is 61.6. The lowest BCUT2D eigenvalue weighted by Gasteiger charge is -2.17. The minimum absolute atomic E-state index is 0.0976. The van der Waals surface area contributed by atoms with Gasteiger partial charge in [-0.1, -0.05) is 298 Å². The molecule has 416 valence electrons. The summed E-state index contributed by atoms with van der Waals surface area (Å²) >= 11 is 0. The van der Waals surface area contributed by atoms with Gasteiger partial charge >= 0.3 is 5.97 Å². The highest BCUT2D eigenvalue weighted by Crippen LogP contribution is 2.23. The first-order chi connectivity index (χ1) is 34.1. The zero-order valence-electron chi connectivity index (χ0n) is 48.4. The van der Waals surface area contributed by atoms with Crippen molar-refractivity contribution < 1.29 is 19.4 Å². The summed E-state index contributed by atoms with van der Waals surface area (Å²) in [5.41, 5.74) is 0. The fourth-order valence-corrected chi connectivity index (χ4v) is 9.95. The molecule has 0 aliphatic heterocycles. The summed E-state index contributed by atoms with van der Waals surface area (Å²) in [6.07, 6.45) is 66.5. The van der Waals surface area contributed by atoms with E-state index < -0.39 is 0 Å². The third-order valence-corrected chi connectivity index (χ3v) is 14.8. The molecule has 0 saturated carbocycles. The number of esters is 1. The Morgan fingerprint density at radius 2 is 0.638 bits per heavy atom. The van der Waals surface area contributed by atoms with Crippen LogP contribution in [0.2, 0.25) is 0 Å². The van der Waals surface area contributed by atoms with Crippen molar-refractivity contribution in [1.29, 1.82) is 0 Å². The highest BCUT2D eigenvalue weighted by molar-refractivity contribution is 5.72. The summed E-state index contributed by atoms with van der Waals surface area (Å²) in [6, 6.07) is 0. The van der Waals surface area contributed by atoms with Crippen LogP contribution in [-0.2, 0) is 14.3 Å². The van der Waals surface area contributed by atoms with Crippen LogP contribution in [0.1, 0.15) is 356 Å². The molecule has 0 spiro atoms. The van der Waals surface area contributed by atoms with E-state index in [-0.39, 0.29) is 11.9 Å². The van der Waals surface area contributed by atoms with Crippen molar-refractivity contribution in [3.05, 3.63) is 0 Å². The molecular formula is C64H131NO4. The van der Waals surface area contributed by atoms with Gasteiger partial charge in [0.05, 0.1) is 12.5 Å². The fourth-order valence-electron chi connectivity index (χ4n) is 9.95. The molecule has 0 radical (unpaired) electrons. The van der Waals surface area contributed by atoms with E-state index in [1.807, 2.05) is 0 Å². The second-order valence-electron chi connectivity index (χ2n) is 21.9. The Bertz CT molecular complexity index is 899. The highest BCUT2D eigenvalue weighted by atomic mass is 16.5. The molecule has 2 atom stereocenters. The number of hydrogen-bond acceptors (Lipinski definition) is 5. The predicted octanol–water partition coefficient (Wildman–Crippen LogP) is 21.0. The Morgan fingerprint density at radius 3 is 1.01 bits per heavy atom. The summed E-state index contributed by atoms with van der Waals surface area (Å²) in [7, 11) is 0. The van der Waals surface area contributed by atoms with E-state index in [4.69, 9.17) is 14.6 Å². The Kier molecular flexibility index (Phi) is 66.7. The van der Waals surface area contributed by atoms with Gasteiger partial charge in [-0.2, -0.15) is 0 Å². The number of ether oxygens (including phenoxy) is 2. The Morgan fingerprint density at radius 1 is 0.348 bits per heavy atom. The van der Waals surface area contributed by atoms with Crippen molar-refractivity contribution in [2.45, 2.75) is 356 Å². The molecule has 0 amide bonds.